The summed E-state index contributed by atoms with van der Waals surface area (Å²) in [4.78, 5) is 0. The van der Waals surface area contributed by atoms with Crippen LogP contribution < -0.4 is 0 Å². The van der Waals surface area contributed by atoms with Crippen LogP contribution in [0.5, 0.6) is 0 Å². The number of hydrogen-bond acceptors (Lipinski definition) is 2. The van der Waals surface area contributed by atoms with Gasteiger partial charge in [0.05, 0.1) is 12.7 Å². The Bertz CT molecular complexity index is 130. The molecule has 72 valence electrons. The molecule has 1 atom stereocenters. The summed E-state index contributed by atoms with van der Waals surface area (Å²) < 4.78 is 0. The highest BCUT2D eigenvalue weighted by atomic mass is 16.3. The fourth-order valence-corrected chi connectivity index (χ4v) is 1.10. The molecule has 0 spiro atoms. The van der Waals surface area contributed by atoms with Crippen LogP contribution in [0.15, 0.2) is 11.6 Å². The largest absolute Gasteiger partial charge is 0.392 e. The van der Waals surface area contributed by atoms with Gasteiger partial charge in [-0.25, -0.2) is 0 Å². The number of rotatable bonds is 6. The molecule has 2 heteroatoms. The standard InChI is InChI=1S/C10H20O2/c1-3-4-5-6-10(12)9(2)7-8-11/h7,10-12H,3-6,8H2,1-2H3/b9-7-. The molecule has 0 aromatic rings. The van der Waals surface area contributed by atoms with Crippen LogP contribution in [0.4, 0.5) is 0 Å². The van der Waals surface area contributed by atoms with Crippen molar-refractivity contribution in [2.45, 2.75) is 45.6 Å². The Hall–Kier alpha value is -0.340. The van der Waals surface area contributed by atoms with Gasteiger partial charge in [0.2, 0.25) is 0 Å². The zero-order valence-corrected chi connectivity index (χ0v) is 8.08. The highest BCUT2D eigenvalue weighted by molar-refractivity contribution is 5.03. The Morgan fingerprint density at radius 3 is 2.58 bits per heavy atom. The number of hydrogen-bond donors (Lipinski definition) is 2. The summed E-state index contributed by atoms with van der Waals surface area (Å²) >= 11 is 0. The molecule has 0 aliphatic heterocycles. The molecule has 0 fully saturated rings. The molecule has 12 heavy (non-hydrogen) atoms. The molecule has 2 N–H and O–H groups in total. The molecule has 0 saturated carbocycles. The SMILES string of the molecule is CCCCCC(O)/C(C)=C\CO. The first-order chi connectivity index (χ1) is 5.72. The first-order valence-corrected chi connectivity index (χ1v) is 4.68. The van der Waals surface area contributed by atoms with Crippen molar-refractivity contribution in [2.75, 3.05) is 6.61 Å². The van der Waals surface area contributed by atoms with Gasteiger partial charge in [-0.3, -0.25) is 0 Å². The maximum atomic E-state index is 9.50. The highest BCUT2D eigenvalue weighted by Crippen LogP contribution is 2.10. The lowest BCUT2D eigenvalue weighted by atomic mass is 10.0. The molecule has 2 nitrogen and oxygen atoms in total. The van der Waals surface area contributed by atoms with E-state index in [0.29, 0.717) is 0 Å². The fraction of sp³-hybridized carbons (Fsp3) is 0.800. The smallest absolute Gasteiger partial charge is 0.0748 e. The van der Waals surface area contributed by atoms with Crippen LogP contribution in [0, 0.1) is 0 Å². The van der Waals surface area contributed by atoms with Crippen molar-refractivity contribution in [2.24, 2.45) is 0 Å². The van der Waals surface area contributed by atoms with Crippen molar-refractivity contribution >= 4 is 0 Å². The summed E-state index contributed by atoms with van der Waals surface area (Å²) in [5.41, 5.74) is 0.883. The molecule has 0 aliphatic rings. The topological polar surface area (TPSA) is 40.5 Å². The van der Waals surface area contributed by atoms with E-state index in [1.54, 1.807) is 6.08 Å². The van der Waals surface area contributed by atoms with Crippen LogP contribution in [0.3, 0.4) is 0 Å². The lowest BCUT2D eigenvalue weighted by Crippen LogP contribution is -2.08. The van der Waals surface area contributed by atoms with Gasteiger partial charge < -0.3 is 10.2 Å². The van der Waals surface area contributed by atoms with Gasteiger partial charge in [-0.2, -0.15) is 0 Å². The lowest BCUT2D eigenvalue weighted by molar-refractivity contribution is 0.194. The molecular weight excluding hydrogens is 152 g/mol. The molecule has 0 saturated heterocycles. The summed E-state index contributed by atoms with van der Waals surface area (Å²) in [5.74, 6) is 0. The average Bonchev–Trinajstić information content (AvgIpc) is 2.05. The van der Waals surface area contributed by atoms with Gasteiger partial charge >= 0.3 is 0 Å². The van der Waals surface area contributed by atoms with Gasteiger partial charge in [-0.05, 0) is 18.9 Å². The van der Waals surface area contributed by atoms with Crippen molar-refractivity contribution < 1.29 is 10.2 Å². The fourth-order valence-electron chi connectivity index (χ4n) is 1.10. The van der Waals surface area contributed by atoms with Crippen LogP contribution in [-0.4, -0.2) is 22.9 Å². The van der Waals surface area contributed by atoms with Crippen molar-refractivity contribution in [3.63, 3.8) is 0 Å². The van der Waals surface area contributed by atoms with Gasteiger partial charge in [0, 0.05) is 0 Å². The molecule has 0 bridgehead atoms. The Labute approximate surface area is 74.9 Å². The van der Waals surface area contributed by atoms with Crippen LogP contribution in [-0.2, 0) is 0 Å². The second-order valence-corrected chi connectivity index (χ2v) is 3.14. The Balaban J connectivity index is 3.56. The maximum absolute atomic E-state index is 9.50. The summed E-state index contributed by atoms with van der Waals surface area (Å²) in [5, 5.41) is 18.1. The minimum atomic E-state index is -0.358. The van der Waals surface area contributed by atoms with E-state index in [-0.39, 0.29) is 12.7 Å². The normalized spacial score (nSPS) is 14.8. The van der Waals surface area contributed by atoms with Crippen molar-refractivity contribution in [1.29, 1.82) is 0 Å². The summed E-state index contributed by atoms with van der Waals surface area (Å²) in [6, 6.07) is 0. The first kappa shape index (κ1) is 11.7. The average molecular weight is 172 g/mol. The Morgan fingerprint density at radius 2 is 2.08 bits per heavy atom. The molecule has 0 heterocycles. The van der Waals surface area contributed by atoms with Gasteiger partial charge in [0.25, 0.3) is 0 Å². The highest BCUT2D eigenvalue weighted by Gasteiger charge is 2.04. The van der Waals surface area contributed by atoms with Gasteiger partial charge in [0.15, 0.2) is 0 Å². The third-order valence-electron chi connectivity index (χ3n) is 2.02. The van der Waals surface area contributed by atoms with Gasteiger partial charge in [0.1, 0.15) is 0 Å². The van der Waals surface area contributed by atoms with Crippen molar-refractivity contribution in [3.05, 3.63) is 11.6 Å². The summed E-state index contributed by atoms with van der Waals surface area (Å²) in [7, 11) is 0. The van der Waals surface area contributed by atoms with E-state index in [0.717, 1.165) is 18.4 Å². The Morgan fingerprint density at radius 1 is 1.42 bits per heavy atom. The van der Waals surface area contributed by atoms with E-state index >= 15 is 0 Å². The monoisotopic (exact) mass is 172 g/mol. The van der Waals surface area contributed by atoms with Crippen molar-refractivity contribution in [1.82, 2.24) is 0 Å². The molecule has 0 amide bonds. The molecule has 0 aliphatic carbocycles. The van der Waals surface area contributed by atoms with Crippen LogP contribution >= 0.6 is 0 Å². The molecule has 0 rings (SSSR count). The van der Waals surface area contributed by atoms with E-state index < -0.39 is 0 Å². The quantitative estimate of drug-likeness (QED) is 0.474. The number of unbranched alkanes of at least 4 members (excludes halogenated alkanes) is 2. The third kappa shape index (κ3) is 5.33. The van der Waals surface area contributed by atoms with Gasteiger partial charge in [-0.15, -0.1) is 0 Å². The summed E-state index contributed by atoms with van der Waals surface area (Å²) in [6.45, 7) is 4.02. The Kier molecular flexibility index (Phi) is 7.11. The van der Waals surface area contributed by atoms with E-state index in [1.807, 2.05) is 6.92 Å². The van der Waals surface area contributed by atoms with Crippen LogP contribution in [0.2, 0.25) is 0 Å². The van der Waals surface area contributed by atoms with E-state index in [2.05, 4.69) is 6.92 Å². The molecular formula is C10H20O2. The molecule has 0 aromatic heterocycles. The second-order valence-electron chi connectivity index (χ2n) is 3.14. The second kappa shape index (κ2) is 7.32. The minimum absolute atomic E-state index is 0.0245. The number of aliphatic hydroxyl groups excluding tert-OH is 2. The molecule has 1 unspecified atom stereocenters. The zero-order chi connectivity index (χ0) is 9.40. The van der Waals surface area contributed by atoms with E-state index in [1.165, 1.54) is 12.8 Å². The maximum Gasteiger partial charge on any atom is 0.0748 e. The van der Waals surface area contributed by atoms with E-state index in [9.17, 15) is 5.11 Å². The van der Waals surface area contributed by atoms with Crippen LogP contribution in [0.25, 0.3) is 0 Å². The van der Waals surface area contributed by atoms with Gasteiger partial charge in [-0.1, -0.05) is 32.3 Å². The lowest BCUT2D eigenvalue weighted by Gasteiger charge is -2.10. The predicted octanol–water partition coefficient (Wildman–Crippen LogP) is 1.87. The number of aliphatic hydroxyl groups is 2. The predicted molar refractivity (Wildman–Crippen MR) is 51.0 cm³/mol. The van der Waals surface area contributed by atoms with E-state index in [4.69, 9.17) is 5.11 Å². The molecule has 0 radical (unpaired) electrons. The summed E-state index contributed by atoms with van der Waals surface area (Å²) in [6.07, 6.45) is 5.53. The first-order valence-electron chi connectivity index (χ1n) is 4.68. The van der Waals surface area contributed by atoms with Crippen LogP contribution in [0.1, 0.15) is 39.5 Å². The minimum Gasteiger partial charge on any atom is -0.392 e. The van der Waals surface area contributed by atoms with Crippen molar-refractivity contribution in [3.8, 4) is 0 Å². The zero-order valence-electron chi connectivity index (χ0n) is 8.08. The molecule has 0 aromatic carbocycles. The third-order valence-corrected chi connectivity index (χ3v) is 2.02.